The van der Waals surface area contributed by atoms with Gasteiger partial charge in [0, 0.05) is 43.7 Å². The molecule has 1 amide bonds. The van der Waals surface area contributed by atoms with Gasteiger partial charge in [0.05, 0.1) is 13.7 Å². The summed E-state index contributed by atoms with van der Waals surface area (Å²) in [5.41, 5.74) is 0.912. The number of carbonyl (C=O) groups is 1. The molecule has 1 aliphatic carbocycles. The number of ether oxygens (including phenoxy) is 1. The van der Waals surface area contributed by atoms with Gasteiger partial charge in [-0.2, -0.15) is 4.98 Å². The van der Waals surface area contributed by atoms with Crippen LogP contribution in [0.3, 0.4) is 0 Å². The fraction of sp³-hybridized carbons (Fsp3) is 0.529. The monoisotopic (exact) mass is 359 g/mol. The number of nitrogens with one attached hydrogen (secondary N) is 2. The molecule has 0 saturated heterocycles. The molecule has 0 unspecified atom stereocenters. The maximum absolute atomic E-state index is 12.8. The van der Waals surface area contributed by atoms with E-state index in [0.717, 1.165) is 12.8 Å². The van der Waals surface area contributed by atoms with E-state index in [0.29, 0.717) is 54.9 Å². The van der Waals surface area contributed by atoms with Crippen LogP contribution in [0.15, 0.2) is 15.4 Å². The number of hydrogen-bond acceptors (Lipinski definition) is 7. The topological polar surface area (TPSA) is 111 Å². The SMILES string of the molecule is COc1cc(=O)n2c(c1C(=O)NCc1noc(C3CC3)n1)CCNCC2. The molecule has 3 heterocycles. The molecular weight excluding hydrogens is 338 g/mol. The molecule has 0 bridgehead atoms. The van der Waals surface area contributed by atoms with Crippen LogP contribution >= 0.6 is 0 Å². The second-order valence-corrected chi connectivity index (χ2v) is 6.53. The minimum absolute atomic E-state index is 0.162. The standard InChI is InChI=1S/C17H21N5O4/c1-25-12-8-14(23)22-7-6-18-5-4-11(22)15(12)16(24)19-9-13-20-17(26-21-13)10-2-3-10/h8,10,18H,2-7,9H2,1H3,(H,19,24). The third-order valence-corrected chi connectivity index (χ3v) is 4.70. The van der Waals surface area contributed by atoms with Crippen molar-refractivity contribution in [3.8, 4) is 5.75 Å². The molecule has 2 aromatic heterocycles. The maximum Gasteiger partial charge on any atom is 0.257 e. The minimum Gasteiger partial charge on any atom is -0.496 e. The largest absolute Gasteiger partial charge is 0.496 e. The zero-order valence-corrected chi connectivity index (χ0v) is 14.6. The van der Waals surface area contributed by atoms with E-state index in [1.807, 2.05) is 0 Å². The predicted molar refractivity (Wildman–Crippen MR) is 91.3 cm³/mol. The van der Waals surface area contributed by atoms with Gasteiger partial charge in [-0.05, 0) is 12.8 Å². The number of nitrogens with zero attached hydrogens (tertiary/aromatic N) is 3. The highest BCUT2D eigenvalue weighted by molar-refractivity contribution is 5.98. The molecule has 0 aromatic carbocycles. The van der Waals surface area contributed by atoms with Gasteiger partial charge in [-0.15, -0.1) is 0 Å². The Bertz CT molecular complexity index is 884. The van der Waals surface area contributed by atoms with Crippen molar-refractivity contribution in [3.05, 3.63) is 39.4 Å². The van der Waals surface area contributed by atoms with Crippen molar-refractivity contribution < 1.29 is 14.1 Å². The van der Waals surface area contributed by atoms with Gasteiger partial charge in [0.15, 0.2) is 5.82 Å². The highest BCUT2D eigenvalue weighted by Gasteiger charge is 2.30. The van der Waals surface area contributed by atoms with Gasteiger partial charge in [-0.1, -0.05) is 5.16 Å². The summed E-state index contributed by atoms with van der Waals surface area (Å²) in [6.45, 7) is 2.07. The first-order valence-electron chi connectivity index (χ1n) is 8.79. The predicted octanol–water partition coefficient (Wildman–Crippen LogP) is 0.193. The number of hydrogen-bond donors (Lipinski definition) is 2. The third-order valence-electron chi connectivity index (χ3n) is 4.70. The summed E-state index contributed by atoms with van der Waals surface area (Å²) < 4.78 is 12.1. The highest BCUT2D eigenvalue weighted by atomic mass is 16.5. The van der Waals surface area contributed by atoms with Crippen molar-refractivity contribution in [2.24, 2.45) is 0 Å². The van der Waals surface area contributed by atoms with Gasteiger partial charge in [0.1, 0.15) is 11.3 Å². The summed E-state index contributed by atoms with van der Waals surface area (Å²) in [6.07, 6.45) is 2.72. The number of methoxy groups -OCH3 is 1. The number of aromatic nitrogens is 3. The second-order valence-electron chi connectivity index (χ2n) is 6.53. The number of fused-ring (bicyclic) bond motifs is 1. The first kappa shape index (κ1) is 16.8. The summed E-state index contributed by atoms with van der Waals surface area (Å²) in [5.74, 6) is 1.42. The average molecular weight is 359 g/mol. The van der Waals surface area contributed by atoms with Crippen LogP contribution < -0.4 is 20.9 Å². The fourth-order valence-electron chi connectivity index (χ4n) is 3.19. The molecule has 2 N–H and O–H groups in total. The highest BCUT2D eigenvalue weighted by Crippen LogP contribution is 2.38. The quantitative estimate of drug-likeness (QED) is 0.784. The van der Waals surface area contributed by atoms with Gasteiger partial charge in [-0.25, -0.2) is 0 Å². The Morgan fingerprint density at radius 3 is 3.08 bits per heavy atom. The molecule has 2 aromatic rings. The summed E-state index contributed by atoms with van der Waals surface area (Å²) in [6, 6.07) is 1.36. The van der Waals surface area contributed by atoms with E-state index in [9.17, 15) is 9.59 Å². The zero-order chi connectivity index (χ0) is 18.1. The molecule has 0 atom stereocenters. The smallest absolute Gasteiger partial charge is 0.257 e. The van der Waals surface area contributed by atoms with E-state index in [1.165, 1.54) is 13.2 Å². The lowest BCUT2D eigenvalue weighted by Crippen LogP contribution is -2.31. The minimum atomic E-state index is -0.315. The molecule has 9 heteroatoms. The van der Waals surface area contributed by atoms with Crippen LogP contribution in [0.25, 0.3) is 0 Å². The Balaban J connectivity index is 1.58. The van der Waals surface area contributed by atoms with E-state index in [2.05, 4.69) is 20.8 Å². The first-order valence-corrected chi connectivity index (χ1v) is 8.79. The number of carbonyl (C=O) groups excluding carboxylic acids is 1. The molecule has 0 spiro atoms. The molecule has 1 aliphatic heterocycles. The van der Waals surface area contributed by atoms with E-state index < -0.39 is 0 Å². The number of rotatable bonds is 5. The molecule has 4 rings (SSSR count). The molecule has 1 saturated carbocycles. The number of pyridine rings is 1. The van der Waals surface area contributed by atoms with Gasteiger partial charge < -0.3 is 24.5 Å². The summed E-state index contributed by atoms with van der Waals surface area (Å²) in [4.78, 5) is 29.5. The van der Waals surface area contributed by atoms with Gasteiger partial charge in [0.25, 0.3) is 11.5 Å². The van der Waals surface area contributed by atoms with E-state index in [1.54, 1.807) is 4.57 Å². The first-order chi connectivity index (χ1) is 12.7. The van der Waals surface area contributed by atoms with Gasteiger partial charge in [-0.3, -0.25) is 9.59 Å². The summed E-state index contributed by atoms with van der Waals surface area (Å²) >= 11 is 0. The number of amides is 1. The third kappa shape index (κ3) is 3.22. The van der Waals surface area contributed by atoms with Crippen molar-refractivity contribution in [2.75, 3.05) is 20.2 Å². The molecular formula is C17H21N5O4. The average Bonchev–Trinajstić information content (AvgIpc) is 3.43. The van der Waals surface area contributed by atoms with Gasteiger partial charge >= 0.3 is 0 Å². The van der Waals surface area contributed by atoms with Crippen molar-refractivity contribution >= 4 is 5.91 Å². The Morgan fingerprint density at radius 1 is 1.46 bits per heavy atom. The van der Waals surface area contributed by atoms with Crippen molar-refractivity contribution in [1.29, 1.82) is 0 Å². The summed E-state index contributed by atoms with van der Waals surface area (Å²) in [5, 5.41) is 9.96. The molecule has 9 nitrogen and oxygen atoms in total. The second kappa shape index (κ2) is 6.91. The van der Waals surface area contributed by atoms with Crippen molar-refractivity contribution in [1.82, 2.24) is 25.3 Å². The molecule has 1 fully saturated rings. The van der Waals surface area contributed by atoms with Crippen LogP contribution in [0.1, 0.15) is 46.5 Å². The van der Waals surface area contributed by atoms with Crippen molar-refractivity contribution in [3.63, 3.8) is 0 Å². The van der Waals surface area contributed by atoms with Crippen LogP contribution in [0, 0.1) is 0 Å². The maximum atomic E-state index is 12.8. The van der Waals surface area contributed by atoms with E-state index in [4.69, 9.17) is 9.26 Å². The van der Waals surface area contributed by atoms with E-state index in [-0.39, 0.29) is 23.8 Å². The Kier molecular flexibility index (Phi) is 4.46. The normalized spacial score (nSPS) is 16.7. The zero-order valence-electron chi connectivity index (χ0n) is 14.6. The molecule has 138 valence electrons. The Hall–Kier alpha value is -2.68. The lowest BCUT2D eigenvalue weighted by Gasteiger charge is -2.16. The lowest BCUT2D eigenvalue weighted by molar-refractivity contribution is 0.0944. The van der Waals surface area contributed by atoms with Crippen LogP contribution in [0.4, 0.5) is 0 Å². The summed E-state index contributed by atoms with van der Waals surface area (Å²) in [7, 11) is 1.46. The van der Waals surface area contributed by atoms with Crippen LogP contribution in [0.2, 0.25) is 0 Å². The van der Waals surface area contributed by atoms with Crippen LogP contribution in [-0.4, -0.2) is 40.8 Å². The molecule has 0 radical (unpaired) electrons. The fourth-order valence-corrected chi connectivity index (χ4v) is 3.19. The van der Waals surface area contributed by atoms with Crippen LogP contribution in [-0.2, 0) is 19.5 Å². The lowest BCUT2D eigenvalue weighted by atomic mass is 10.1. The van der Waals surface area contributed by atoms with Crippen LogP contribution in [0.5, 0.6) is 5.75 Å². The Morgan fingerprint density at radius 2 is 2.31 bits per heavy atom. The van der Waals surface area contributed by atoms with Crippen molar-refractivity contribution in [2.45, 2.75) is 38.3 Å². The van der Waals surface area contributed by atoms with E-state index >= 15 is 0 Å². The molecule has 26 heavy (non-hydrogen) atoms. The van der Waals surface area contributed by atoms with Gasteiger partial charge in [0.2, 0.25) is 5.89 Å². The molecule has 2 aliphatic rings. The Labute approximate surface area is 149 Å².